The van der Waals surface area contributed by atoms with Crippen LogP contribution in [0.1, 0.15) is 49.8 Å². The Bertz CT molecular complexity index is 329. The first-order chi connectivity index (χ1) is 8.27. The maximum Gasteiger partial charge on any atom is 0.0314 e. The summed E-state index contributed by atoms with van der Waals surface area (Å²) in [6.45, 7) is 0. The normalized spacial score (nSPS) is 20.8. The van der Waals surface area contributed by atoms with Crippen molar-refractivity contribution in [1.29, 1.82) is 0 Å². The predicted octanol–water partition coefficient (Wildman–Crippen LogP) is 4.74. The molecule has 0 saturated heterocycles. The number of thiophene rings is 1. The van der Waals surface area contributed by atoms with Gasteiger partial charge >= 0.3 is 0 Å². The molecule has 1 heterocycles. The minimum absolute atomic E-state index is 0.350. The van der Waals surface area contributed by atoms with Crippen LogP contribution in [0.2, 0.25) is 0 Å². The minimum atomic E-state index is 0.350. The Morgan fingerprint density at radius 1 is 1.24 bits per heavy atom. The van der Waals surface area contributed by atoms with E-state index in [4.69, 9.17) is 5.73 Å². The Labute approximate surface area is 117 Å². The van der Waals surface area contributed by atoms with Gasteiger partial charge in [-0.1, -0.05) is 32.1 Å². The molecule has 1 unspecified atom stereocenters. The lowest BCUT2D eigenvalue weighted by Crippen LogP contribution is -2.32. The van der Waals surface area contributed by atoms with Crippen LogP contribution in [0, 0.1) is 5.92 Å². The van der Waals surface area contributed by atoms with Crippen molar-refractivity contribution in [3.05, 3.63) is 20.8 Å². The van der Waals surface area contributed by atoms with Crippen molar-refractivity contribution in [1.82, 2.24) is 0 Å². The molecule has 1 saturated carbocycles. The van der Waals surface area contributed by atoms with Crippen molar-refractivity contribution >= 4 is 27.3 Å². The molecule has 0 bridgehead atoms. The molecule has 0 aromatic carbocycles. The maximum atomic E-state index is 6.41. The average molecular weight is 316 g/mol. The quantitative estimate of drug-likeness (QED) is 0.856. The van der Waals surface area contributed by atoms with Gasteiger partial charge in [0, 0.05) is 15.4 Å². The van der Waals surface area contributed by atoms with E-state index in [1.54, 1.807) is 0 Å². The summed E-state index contributed by atoms with van der Waals surface area (Å²) in [4.78, 5) is 1.42. The Morgan fingerprint density at radius 3 is 2.47 bits per heavy atom. The summed E-state index contributed by atoms with van der Waals surface area (Å²) < 4.78 is 1.24. The largest absolute Gasteiger partial charge is 0.327 e. The van der Waals surface area contributed by atoms with Gasteiger partial charge in [0.15, 0.2) is 0 Å². The number of hydrogen-bond acceptors (Lipinski definition) is 2. The van der Waals surface area contributed by atoms with Crippen LogP contribution < -0.4 is 5.73 Å². The molecule has 1 aliphatic carbocycles. The van der Waals surface area contributed by atoms with Crippen molar-refractivity contribution in [2.24, 2.45) is 11.7 Å². The molecule has 1 aromatic rings. The van der Waals surface area contributed by atoms with Crippen LogP contribution in [0.5, 0.6) is 0 Å². The third-order valence-electron chi connectivity index (χ3n) is 3.87. The first-order valence-corrected chi connectivity index (χ1v) is 8.42. The molecule has 1 aromatic heterocycles. The molecule has 0 amide bonds. The summed E-state index contributed by atoms with van der Waals surface area (Å²) in [6, 6.07) is 2.48. The Balaban J connectivity index is 1.89. The number of rotatable bonds is 3. The fourth-order valence-corrected chi connectivity index (χ4v) is 4.35. The zero-order chi connectivity index (χ0) is 12.1. The zero-order valence-corrected chi connectivity index (χ0v) is 12.7. The van der Waals surface area contributed by atoms with Crippen molar-refractivity contribution < 1.29 is 0 Å². The lowest BCUT2D eigenvalue weighted by Gasteiger charge is -2.25. The summed E-state index contributed by atoms with van der Waals surface area (Å²) in [6.07, 6.45) is 10.7. The third-order valence-corrected chi connectivity index (χ3v) is 5.82. The second-order valence-corrected chi connectivity index (χ2v) is 7.02. The molecule has 1 aliphatic rings. The van der Waals surface area contributed by atoms with Crippen molar-refractivity contribution in [3.8, 4) is 0 Å². The second kappa shape index (κ2) is 6.91. The molecule has 96 valence electrons. The highest BCUT2D eigenvalue weighted by molar-refractivity contribution is 9.10. The summed E-state index contributed by atoms with van der Waals surface area (Å²) in [7, 11) is 0. The Kier molecular flexibility index (Phi) is 5.51. The fraction of sp³-hybridized carbons (Fsp3) is 0.714. The van der Waals surface area contributed by atoms with E-state index in [1.165, 1.54) is 54.3 Å². The van der Waals surface area contributed by atoms with Gasteiger partial charge in [-0.15, -0.1) is 11.3 Å². The molecule has 0 spiro atoms. The van der Waals surface area contributed by atoms with Gasteiger partial charge in [0.25, 0.3) is 0 Å². The Hall–Kier alpha value is 0.140. The second-order valence-electron chi connectivity index (χ2n) is 5.16. The highest BCUT2D eigenvalue weighted by Crippen LogP contribution is 2.29. The van der Waals surface area contributed by atoms with Crippen LogP contribution in [0.15, 0.2) is 15.9 Å². The zero-order valence-electron chi connectivity index (χ0n) is 10.3. The predicted molar refractivity (Wildman–Crippen MR) is 79.5 cm³/mol. The molecule has 0 radical (unpaired) electrons. The first kappa shape index (κ1) is 13.6. The molecule has 2 rings (SSSR count). The number of halogens is 1. The van der Waals surface area contributed by atoms with E-state index in [0.29, 0.717) is 6.04 Å². The molecular weight excluding hydrogens is 294 g/mol. The molecule has 17 heavy (non-hydrogen) atoms. The molecular formula is C14H22BrNS. The van der Waals surface area contributed by atoms with Gasteiger partial charge in [-0.3, -0.25) is 0 Å². The summed E-state index contributed by atoms with van der Waals surface area (Å²) >= 11 is 5.43. The third kappa shape index (κ3) is 4.08. The average Bonchev–Trinajstić information content (AvgIpc) is 2.63. The Morgan fingerprint density at radius 2 is 1.88 bits per heavy atom. The molecule has 1 nitrogen and oxygen atoms in total. The summed E-state index contributed by atoms with van der Waals surface area (Å²) in [5.41, 5.74) is 6.41. The highest BCUT2D eigenvalue weighted by Gasteiger charge is 2.20. The highest BCUT2D eigenvalue weighted by atomic mass is 79.9. The van der Waals surface area contributed by atoms with Crippen LogP contribution in [0.4, 0.5) is 0 Å². The van der Waals surface area contributed by atoms with E-state index >= 15 is 0 Å². The SMILES string of the molecule is NC(Cc1sccc1Br)C1CCCCCCC1. The standard InChI is InChI=1S/C14H22BrNS/c15-12-8-9-17-14(12)10-13(16)11-6-4-2-1-3-5-7-11/h8-9,11,13H,1-7,10,16H2. The van der Waals surface area contributed by atoms with E-state index in [9.17, 15) is 0 Å². The smallest absolute Gasteiger partial charge is 0.0314 e. The van der Waals surface area contributed by atoms with Crippen LogP contribution in [-0.2, 0) is 6.42 Å². The van der Waals surface area contributed by atoms with Crippen LogP contribution in [-0.4, -0.2) is 6.04 Å². The molecule has 3 heteroatoms. The van der Waals surface area contributed by atoms with Gasteiger partial charge in [-0.2, -0.15) is 0 Å². The lowest BCUT2D eigenvalue weighted by atomic mass is 9.85. The fourth-order valence-electron chi connectivity index (χ4n) is 2.77. The van der Waals surface area contributed by atoms with E-state index < -0.39 is 0 Å². The van der Waals surface area contributed by atoms with E-state index in [-0.39, 0.29) is 0 Å². The number of hydrogen-bond donors (Lipinski definition) is 1. The van der Waals surface area contributed by atoms with E-state index in [0.717, 1.165) is 12.3 Å². The van der Waals surface area contributed by atoms with Crippen LogP contribution in [0.3, 0.4) is 0 Å². The number of nitrogens with two attached hydrogens (primary N) is 1. The van der Waals surface area contributed by atoms with Crippen LogP contribution >= 0.6 is 27.3 Å². The monoisotopic (exact) mass is 315 g/mol. The van der Waals surface area contributed by atoms with Crippen molar-refractivity contribution in [2.45, 2.75) is 57.4 Å². The summed E-state index contributed by atoms with van der Waals surface area (Å²) in [5.74, 6) is 0.740. The molecule has 1 atom stereocenters. The van der Waals surface area contributed by atoms with E-state index in [1.807, 2.05) is 11.3 Å². The van der Waals surface area contributed by atoms with Gasteiger partial charge in [0.1, 0.15) is 0 Å². The summed E-state index contributed by atoms with van der Waals surface area (Å²) in [5, 5.41) is 2.14. The minimum Gasteiger partial charge on any atom is -0.327 e. The van der Waals surface area contributed by atoms with Crippen molar-refractivity contribution in [2.75, 3.05) is 0 Å². The topological polar surface area (TPSA) is 26.0 Å². The molecule has 0 aliphatic heterocycles. The van der Waals surface area contributed by atoms with Gasteiger partial charge in [0.05, 0.1) is 0 Å². The van der Waals surface area contributed by atoms with Gasteiger partial charge in [-0.25, -0.2) is 0 Å². The van der Waals surface area contributed by atoms with Crippen molar-refractivity contribution in [3.63, 3.8) is 0 Å². The molecule has 2 N–H and O–H groups in total. The van der Waals surface area contributed by atoms with Gasteiger partial charge in [0.2, 0.25) is 0 Å². The van der Waals surface area contributed by atoms with Gasteiger partial charge in [-0.05, 0) is 52.6 Å². The lowest BCUT2D eigenvalue weighted by molar-refractivity contribution is 0.322. The maximum absolute atomic E-state index is 6.41. The van der Waals surface area contributed by atoms with Crippen LogP contribution in [0.25, 0.3) is 0 Å². The molecule has 1 fully saturated rings. The first-order valence-electron chi connectivity index (χ1n) is 6.75. The van der Waals surface area contributed by atoms with Gasteiger partial charge < -0.3 is 5.73 Å². The van der Waals surface area contributed by atoms with E-state index in [2.05, 4.69) is 27.4 Å².